The lowest BCUT2D eigenvalue weighted by Crippen LogP contribution is -2.42. The molecule has 8 heteroatoms. The molecular weight excluding hydrogens is 320 g/mol. The van der Waals surface area contributed by atoms with Crippen LogP contribution in [0.25, 0.3) is 0 Å². The Labute approximate surface area is 147 Å². The zero-order valence-corrected chi connectivity index (χ0v) is 14.7. The summed E-state index contributed by atoms with van der Waals surface area (Å²) < 4.78 is 10.1. The lowest BCUT2D eigenvalue weighted by Gasteiger charge is -2.34. The van der Waals surface area contributed by atoms with E-state index >= 15 is 0 Å². The topological polar surface area (TPSA) is 85.3 Å². The van der Waals surface area contributed by atoms with E-state index in [0.717, 1.165) is 50.1 Å². The van der Waals surface area contributed by atoms with Gasteiger partial charge in [0.2, 0.25) is 0 Å². The van der Waals surface area contributed by atoms with Crippen molar-refractivity contribution in [2.45, 2.75) is 32.0 Å². The highest BCUT2D eigenvalue weighted by molar-refractivity contribution is 5.11. The molecule has 0 spiro atoms. The molecule has 134 valence electrons. The molecule has 2 aromatic rings. The Morgan fingerprint density at radius 1 is 0.880 bits per heavy atom. The summed E-state index contributed by atoms with van der Waals surface area (Å²) in [5.74, 6) is 0. The van der Waals surface area contributed by atoms with Crippen molar-refractivity contribution in [2.75, 3.05) is 27.3 Å². The largest absolute Gasteiger partial charge is 0.467 e. The highest BCUT2D eigenvalue weighted by atomic mass is 16.5. The van der Waals surface area contributed by atoms with Gasteiger partial charge in [0.15, 0.2) is 0 Å². The Balaban J connectivity index is 1.73. The Morgan fingerprint density at radius 2 is 1.32 bits per heavy atom. The van der Waals surface area contributed by atoms with Gasteiger partial charge < -0.3 is 14.8 Å². The van der Waals surface area contributed by atoms with Gasteiger partial charge in [-0.3, -0.25) is 4.90 Å². The molecule has 3 heterocycles. The summed E-state index contributed by atoms with van der Waals surface area (Å²) in [6.45, 7) is 3.64. The third kappa shape index (κ3) is 4.83. The standard InChI is InChI=1S/C17H24N6O2/c1-24-16-19-7-13(8-20-16)11-23(15-3-5-18-6-4-15)12-14-9-21-17(25-2)22-10-14/h7-10,15,18H,3-6,11-12H2,1-2H3. The first-order valence-corrected chi connectivity index (χ1v) is 8.43. The number of nitrogens with one attached hydrogen (secondary N) is 1. The molecule has 25 heavy (non-hydrogen) atoms. The van der Waals surface area contributed by atoms with E-state index in [2.05, 4.69) is 30.2 Å². The first-order valence-electron chi connectivity index (χ1n) is 8.43. The van der Waals surface area contributed by atoms with Crippen molar-refractivity contribution in [3.05, 3.63) is 35.9 Å². The highest BCUT2D eigenvalue weighted by Gasteiger charge is 2.22. The molecule has 0 amide bonds. The predicted octanol–water partition coefficient (Wildman–Crippen LogP) is 1.04. The van der Waals surface area contributed by atoms with E-state index < -0.39 is 0 Å². The fourth-order valence-corrected chi connectivity index (χ4v) is 3.01. The van der Waals surface area contributed by atoms with E-state index in [-0.39, 0.29) is 0 Å². The maximum absolute atomic E-state index is 5.04. The van der Waals surface area contributed by atoms with Crippen LogP contribution in [0, 0.1) is 0 Å². The number of aromatic nitrogens is 4. The summed E-state index contributed by atoms with van der Waals surface area (Å²) in [7, 11) is 3.14. The van der Waals surface area contributed by atoms with Crippen molar-refractivity contribution < 1.29 is 9.47 Å². The Morgan fingerprint density at radius 3 is 1.72 bits per heavy atom. The second-order valence-corrected chi connectivity index (χ2v) is 6.04. The molecule has 1 fully saturated rings. The van der Waals surface area contributed by atoms with E-state index in [1.807, 2.05) is 24.8 Å². The van der Waals surface area contributed by atoms with Crippen LogP contribution in [0.15, 0.2) is 24.8 Å². The van der Waals surface area contributed by atoms with Gasteiger partial charge in [-0.05, 0) is 25.9 Å². The fraction of sp³-hybridized carbons (Fsp3) is 0.529. The molecule has 0 radical (unpaired) electrons. The molecule has 0 bridgehead atoms. The van der Waals surface area contributed by atoms with Crippen LogP contribution in [0.2, 0.25) is 0 Å². The van der Waals surface area contributed by atoms with E-state index in [0.29, 0.717) is 18.1 Å². The van der Waals surface area contributed by atoms with E-state index in [1.165, 1.54) is 0 Å². The Kier molecular flexibility index (Phi) is 6.08. The van der Waals surface area contributed by atoms with Gasteiger partial charge in [-0.15, -0.1) is 0 Å². The van der Waals surface area contributed by atoms with Crippen molar-refractivity contribution >= 4 is 0 Å². The van der Waals surface area contributed by atoms with Gasteiger partial charge in [0.05, 0.1) is 14.2 Å². The van der Waals surface area contributed by atoms with Crippen LogP contribution >= 0.6 is 0 Å². The highest BCUT2D eigenvalue weighted by Crippen LogP contribution is 2.19. The Hall–Kier alpha value is -2.32. The lowest BCUT2D eigenvalue weighted by molar-refractivity contribution is 0.145. The first kappa shape index (κ1) is 17.5. The van der Waals surface area contributed by atoms with Gasteiger partial charge >= 0.3 is 12.0 Å². The molecule has 0 unspecified atom stereocenters. The number of methoxy groups -OCH3 is 2. The molecule has 0 aliphatic carbocycles. The van der Waals surface area contributed by atoms with Crippen LogP contribution in [0.4, 0.5) is 0 Å². The number of hydrogen-bond donors (Lipinski definition) is 1. The normalized spacial score (nSPS) is 15.3. The molecule has 1 aliphatic heterocycles. The zero-order chi connectivity index (χ0) is 17.5. The molecule has 3 rings (SSSR count). The molecular formula is C17H24N6O2. The summed E-state index contributed by atoms with van der Waals surface area (Å²) in [6, 6.07) is 1.28. The van der Waals surface area contributed by atoms with Gasteiger partial charge in [0, 0.05) is 55.0 Å². The van der Waals surface area contributed by atoms with Crippen molar-refractivity contribution in [3.8, 4) is 12.0 Å². The van der Waals surface area contributed by atoms with Crippen molar-refractivity contribution in [1.82, 2.24) is 30.2 Å². The van der Waals surface area contributed by atoms with Gasteiger partial charge in [0.1, 0.15) is 0 Å². The average molecular weight is 344 g/mol. The van der Waals surface area contributed by atoms with E-state index in [9.17, 15) is 0 Å². The first-order chi connectivity index (χ1) is 12.3. The van der Waals surface area contributed by atoms with Crippen LogP contribution in [0.3, 0.4) is 0 Å². The third-order valence-electron chi connectivity index (χ3n) is 4.32. The van der Waals surface area contributed by atoms with Crippen molar-refractivity contribution in [2.24, 2.45) is 0 Å². The molecule has 0 saturated carbocycles. The summed E-state index contributed by atoms with van der Waals surface area (Å²) in [4.78, 5) is 19.3. The number of hydrogen-bond acceptors (Lipinski definition) is 8. The minimum atomic E-state index is 0.390. The molecule has 1 aliphatic rings. The minimum absolute atomic E-state index is 0.390. The maximum atomic E-state index is 5.04. The van der Waals surface area contributed by atoms with Crippen LogP contribution in [0.5, 0.6) is 12.0 Å². The summed E-state index contributed by atoms with van der Waals surface area (Å²) in [5, 5.41) is 3.42. The summed E-state index contributed by atoms with van der Waals surface area (Å²) in [6.07, 6.45) is 9.53. The average Bonchev–Trinajstić information content (AvgIpc) is 2.69. The number of piperidine rings is 1. The lowest BCUT2D eigenvalue weighted by atomic mass is 10.0. The van der Waals surface area contributed by atoms with Crippen LogP contribution in [-0.2, 0) is 13.1 Å². The van der Waals surface area contributed by atoms with Crippen molar-refractivity contribution in [1.29, 1.82) is 0 Å². The van der Waals surface area contributed by atoms with Gasteiger partial charge in [-0.1, -0.05) is 0 Å². The van der Waals surface area contributed by atoms with Gasteiger partial charge in [-0.2, -0.15) is 0 Å². The molecule has 2 aromatic heterocycles. The fourth-order valence-electron chi connectivity index (χ4n) is 3.01. The summed E-state index contributed by atoms with van der Waals surface area (Å²) >= 11 is 0. The van der Waals surface area contributed by atoms with E-state index in [1.54, 1.807) is 14.2 Å². The molecule has 1 N–H and O–H groups in total. The number of rotatable bonds is 7. The predicted molar refractivity (Wildman–Crippen MR) is 92.3 cm³/mol. The van der Waals surface area contributed by atoms with Crippen molar-refractivity contribution in [3.63, 3.8) is 0 Å². The summed E-state index contributed by atoms with van der Waals surface area (Å²) in [5.41, 5.74) is 2.13. The van der Waals surface area contributed by atoms with Crippen LogP contribution in [-0.4, -0.2) is 58.2 Å². The van der Waals surface area contributed by atoms with Crippen LogP contribution in [0.1, 0.15) is 24.0 Å². The second-order valence-electron chi connectivity index (χ2n) is 6.04. The van der Waals surface area contributed by atoms with Gasteiger partial charge in [-0.25, -0.2) is 19.9 Å². The molecule has 1 saturated heterocycles. The molecule has 0 atom stereocenters. The number of nitrogens with zero attached hydrogens (tertiary/aromatic N) is 5. The number of ether oxygens (including phenoxy) is 2. The Bertz CT molecular complexity index is 594. The molecule has 0 aromatic carbocycles. The van der Waals surface area contributed by atoms with E-state index in [4.69, 9.17) is 9.47 Å². The maximum Gasteiger partial charge on any atom is 0.316 e. The molecule has 8 nitrogen and oxygen atoms in total. The van der Waals surface area contributed by atoms with Crippen LogP contribution < -0.4 is 14.8 Å². The van der Waals surface area contributed by atoms with Gasteiger partial charge in [0.25, 0.3) is 0 Å². The monoisotopic (exact) mass is 344 g/mol. The second kappa shape index (κ2) is 8.68. The quantitative estimate of drug-likeness (QED) is 0.797. The smallest absolute Gasteiger partial charge is 0.316 e. The third-order valence-corrected chi connectivity index (χ3v) is 4.32. The zero-order valence-electron chi connectivity index (χ0n) is 14.7. The SMILES string of the molecule is COc1ncc(CN(Cc2cnc(OC)nc2)C2CCNCC2)cn1. The minimum Gasteiger partial charge on any atom is -0.467 e.